The van der Waals surface area contributed by atoms with Crippen LogP contribution in [0.3, 0.4) is 0 Å². The van der Waals surface area contributed by atoms with Crippen molar-refractivity contribution >= 4 is 21.6 Å². The van der Waals surface area contributed by atoms with Gasteiger partial charge in [0.05, 0.1) is 12.6 Å². The molecule has 2 aliphatic rings. The van der Waals surface area contributed by atoms with Crippen LogP contribution in [0.25, 0.3) is 0 Å². The molecule has 0 unspecified atom stereocenters. The predicted octanol–water partition coefficient (Wildman–Crippen LogP) is 3.08. The average molecular weight is 278 g/mol. The molecule has 0 spiro atoms. The van der Waals surface area contributed by atoms with E-state index in [2.05, 4.69) is 39.1 Å². The molecular formula is C13H12BrNO. The molecule has 2 aliphatic heterocycles. The van der Waals surface area contributed by atoms with Gasteiger partial charge < -0.3 is 4.74 Å². The number of fused-ring (bicyclic) bond motifs is 2. The van der Waals surface area contributed by atoms with Crippen molar-refractivity contribution < 1.29 is 4.74 Å². The molecule has 1 saturated heterocycles. The zero-order valence-corrected chi connectivity index (χ0v) is 10.4. The highest BCUT2D eigenvalue weighted by Crippen LogP contribution is 2.35. The van der Waals surface area contributed by atoms with Crippen LogP contribution in [0.5, 0.6) is 0 Å². The van der Waals surface area contributed by atoms with Crippen LogP contribution in [0.15, 0.2) is 45.9 Å². The molecule has 1 aromatic carbocycles. The van der Waals surface area contributed by atoms with E-state index in [0.717, 1.165) is 13.0 Å². The second kappa shape index (κ2) is 4.15. The summed E-state index contributed by atoms with van der Waals surface area (Å²) in [5.41, 5.74) is 2.43. The smallest absolute Gasteiger partial charge is 0.115 e. The number of nitrogens with zero attached hydrogens (tertiary/aromatic N) is 1. The number of aliphatic imine (C=N–C) groups is 1. The monoisotopic (exact) mass is 277 g/mol. The maximum absolute atomic E-state index is 5.72. The van der Waals surface area contributed by atoms with E-state index in [4.69, 9.17) is 4.74 Å². The fraction of sp³-hybridized carbons (Fsp3) is 0.308. The van der Waals surface area contributed by atoms with Gasteiger partial charge in [-0.1, -0.05) is 46.3 Å². The van der Waals surface area contributed by atoms with Crippen LogP contribution < -0.4 is 0 Å². The van der Waals surface area contributed by atoms with E-state index in [0.29, 0.717) is 0 Å². The summed E-state index contributed by atoms with van der Waals surface area (Å²) in [4.78, 5) is 4.64. The third-order valence-corrected chi connectivity index (χ3v) is 3.73. The Morgan fingerprint density at radius 2 is 2.12 bits per heavy atom. The van der Waals surface area contributed by atoms with Gasteiger partial charge in [-0.2, -0.15) is 0 Å². The highest BCUT2D eigenvalue weighted by atomic mass is 79.9. The van der Waals surface area contributed by atoms with Gasteiger partial charge in [0.2, 0.25) is 0 Å². The summed E-state index contributed by atoms with van der Waals surface area (Å²) >= 11 is 3.50. The zero-order valence-electron chi connectivity index (χ0n) is 8.77. The fourth-order valence-electron chi connectivity index (χ4n) is 2.09. The molecule has 2 bridgehead atoms. The van der Waals surface area contributed by atoms with Crippen molar-refractivity contribution in [1.82, 2.24) is 0 Å². The summed E-state index contributed by atoms with van der Waals surface area (Å²) in [6.45, 7) is 0.758. The average Bonchev–Trinajstić information content (AvgIpc) is 2.86. The molecule has 16 heavy (non-hydrogen) atoms. The number of halogens is 1. The van der Waals surface area contributed by atoms with Crippen LogP contribution in [-0.4, -0.2) is 17.9 Å². The van der Waals surface area contributed by atoms with Crippen molar-refractivity contribution in [1.29, 1.82) is 0 Å². The van der Waals surface area contributed by atoms with E-state index in [1.807, 2.05) is 18.2 Å². The van der Waals surface area contributed by atoms with E-state index >= 15 is 0 Å². The lowest BCUT2D eigenvalue weighted by Crippen LogP contribution is -2.13. The Hall–Kier alpha value is -0.930. The number of rotatable bonds is 2. The van der Waals surface area contributed by atoms with Gasteiger partial charge in [-0.05, 0) is 11.6 Å². The summed E-state index contributed by atoms with van der Waals surface area (Å²) in [6, 6.07) is 10.3. The number of ether oxygens (including phenoxy) is 1. The fourth-order valence-corrected chi connectivity index (χ4v) is 2.60. The lowest BCUT2D eigenvalue weighted by atomic mass is 10.1. The topological polar surface area (TPSA) is 21.6 Å². The molecule has 82 valence electrons. The van der Waals surface area contributed by atoms with Crippen LogP contribution in [0, 0.1) is 0 Å². The van der Waals surface area contributed by atoms with Gasteiger partial charge in [0.25, 0.3) is 0 Å². The van der Waals surface area contributed by atoms with Gasteiger partial charge in [0.15, 0.2) is 0 Å². The molecule has 0 radical (unpaired) electrons. The minimum Gasteiger partial charge on any atom is -0.359 e. The number of hydrogen-bond acceptors (Lipinski definition) is 2. The standard InChI is InChI=1S/C13H12BrNO/c14-10-6-13-11(7-12(10)16-13)15-8-9-4-2-1-3-5-9/h1-6,12-13H,7-8H2/t12-,13-/m0/s1. The van der Waals surface area contributed by atoms with E-state index < -0.39 is 0 Å². The van der Waals surface area contributed by atoms with Crippen molar-refractivity contribution in [2.24, 2.45) is 4.99 Å². The Bertz CT molecular complexity index is 452. The first-order valence-electron chi connectivity index (χ1n) is 5.43. The van der Waals surface area contributed by atoms with Crippen LogP contribution in [0.1, 0.15) is 12.0 Å². The Kier molecular flexibility index (Phi) is 2.65. The Balaban J connectivity index is 1.72. The first-order valence-corrected chi connectivity index (χ1v) is 6.22. The predicted molar refractivity (Wildman–Crippen MR) is 67.9 cm³/mol. The minimum absolute atomic E-state index is 0.114. The lowest BCUT2D eigenvalue weighted by Gasteiger charge is -2.06. The molecule has 3 heteroatoms. The number of hydrogen-bond donors (Lipinski definition) is 0. The van der Waals surface area contributed by atoms with Crippen LogP contribution in [0.2, 0.25) is 0 Å². The van der Waals surface area contributed by atoms with Gasteiger partial charge in [-0.15, -0.1) is 0 Å². The molecule has 0 amide bonds. The summed E-state index contributed by atoms with van der Waals surface area (Å²) in [5, 5.41) is 0. The quantitative estimate of drug-likeness (QED) is 0.814. The molecule has 1 aromatic rings. The molecule has 0 N–H and O–H groups in total. The molecule has 2 atom stereocenters. The minimum atomic E-state index is 0.114. The Labute approximate surface area is 103 Å². The van der Waals surface area contributed by atoms with Crippen molar-refractivity contribution in [3.8, 4) is 0 Å². The first-order chi connectivity index (χ1) is 7.83. The van der Waals surface area contributed by atoms with E-state index in [1.54, 1.807) is 0 Å². The van der Waals surface area contributed by atoms with Crippen LogP contribution in [-0.2, 0) is 11.3 Å². The maximum Gasteiger partial charge on any atom is 0.115 e. The Morgan fingerprint density at radius 1 is 1.31 bits per heavy atom. The largest absolute Gasteiger partial charge is 0.359 e. The zero-order chi connectivity index (χ0) is 11.0. The summed E-state index contributed by atoms with van der Waals surface area (Å²) in [6.07, 6.45) is 3.38. The Morgan fingerprint density at radius 3 is 2.75 bits per heavy atom. The van der Waals surface area contributed by atoms with Gasteiger partial charge >= 0.3 is 0 Å². The summed E-state index contributed by atoms with van der Waals surface area (Å²) in [7, 11) is 0. The second-order valence-electron chi connectivity index (χ2n) is 4.09. The molecule has 1 fully saturated rings. The molecule has 0 saturated carbocycles. The molecule has 2 heterocycles. The lowest BCUT2D eigenvalue weighted by molar-refractivity contribution is 0.131. The van der Waals surface area contributed by atoms with E-state index in [9.17, 15) is 0 Å². The van der Waals surface area contributed by atoms with Gasteiger partial charge in [-0.25, -0.2) is 0 Å². The third kappa shape index (κ3) is 1.85. The number of benzene rings is 1. The van der Waals surface area contributed by atoms with Crippen molar-refractivity contribution in [2.75, 3.05) is 0 Å². The second-order valence-corrected chi connectivity index (χ2v) is 5.01. The molecular weight excluding hydrogens is 266 g/mol. The highest BCUT2D eigenvalue weighted by molar-refractivity contribution is 9.11. The molecule has 3 rings (SSSR count). The van der Waals surface area contributed by atoms with E-state index in [1.165, 1.54) is 15.8 Å². The highest BCUT2D eigenvalue weighted by Gasteiger charge is 2.37. The van der Waals surface area contributed by atoms with Crippen LogP contribution >= 0.6 is 15.9 Å². The normalized spacial score (nSPS) is 29.8. The first kappa shape index (κ1) is 10.2. The molecule has 0 aromatic heterocycles. The summed E-state index contributed by atoms with van der Waals surface area (Å²) < 4.78 is 6.89. The van der Waals surface area contributed by atoms with Crippen molar-refractivity contribution in [3.05, 3.63) is 46.5 Å². The van der Waals surface area contributed by atoms with Gasteiger partial charge in [0, 0.05) is 16.6 Å². The van der Waals surface area contributed by atoms with Crippen LogP contribution in [0.4, 0.5) is 0 Å². The summed E-state index contributed by atoms with van der Waals surface area (Å²) in [5.74, 6) is 0. The van der Waals surface area contributed by atoms with Crippen molar-refractivity contribution in [2.45, 2.75) is 25.2 Å². The van der Waals surface area contributed by atoms with Gasteiger partial charge in [-0.3, -0.25) is 4.99 Å². The molecule has 0 aliphatic carbocycles. The van der Waals surface area contributed by atoms with Crippen molar-refractivity contribution in [3.63, 3.8) is 0 Å². The molecule has 2 nitrogen and oxygen atoms in total. The SMILES string of the molecule is BrC1=C[C@@H]2O[C@H]1CC2=NCc1ccccc1. The maximum atomic E-state index is 5.72. The van der Waals surface area contributed by atoms with E-state index in [-0.39, 0.29) is 12.2 Å². The third-order valence-electron chi connectivity index (χ3n) is 2.96. The van der Waals surface area contributed by atoms with Gasteiger partial charge in [0.1, 0.15) is 6.10 Å².